The van der Waals surface area contributed by atoms with Gasteiger partial charge in [0.15, 0.2) is 5.11 Å². The molecule has 0 fully saturated rings. The van der Waals surface area contributed by atoms with Gasteiger partial charge in [-0.3, -0.25) is 9.89 Å². The number of aromatic amines is 1. The van der Waals surface area contributed by atoms with Crippen LogP contribution in [-0.2, 0) is 12.8 Å². The number of H-pyrrole nitrogens is 1. The van der Waals surface area contributed by atoms with Crippen LogP contribution in [0.25, 0.3) is 11.3 Å². The number of benzene rings is 2. The van der Waals surface area contributed by atoms with E-state index >= 15 is 0 Å². The topological polar surface area (TPSA) is 73.0 Å². The molecule has 0 atom stereocenters. The maximum Gasteiger partial charge on any atom is 0.277 e. The summed E-state index contributed by atoms with van der Waals surface area (Å²) in [5.74, 6) is 0.433. The van der Waals surface area contributed by atoms with Gasteiger partial charge in [-0.2, -0.15) is 4.68 Å². The summed E-state index contributed by atoms with van der Waals surface area (Å²) in [4.78, 5) is 12.7. The van der Waals surface area contributed by atoms with Crippen LogP contribution in [0.3, 0.4) is 0 Å². The number of aryl methyl sites for hydroxylation is 1. The van der Waals surface area contributed by atoms with E-state index in [2.05, 4.69) is 5.10 Å². The number of hydrogen-bond acceptors (Lipinski definition) is 3. The first-order valence-electron chi connectivity index (χ1n) is 8.02. The third kappa shape index (κ3) is 3.67. The maximum atomic E-state index is 13.1. The Kier molecular flexibility index (Phi) is 5.18. The fraction of sp³-hybridized carbons (Fsp3) is 0.158. The molecule has 3 aromatic rings. The van der Waals surface area contributed by atoms with Crippen molar-refractivity contribution in [3.05, 3.63) is 75.8 Å². The van der Waals surface area contributed by atoms with Crippen LogP contribution in [0.1, 0.15) is 11.1 Å². The third-order valence-electron chi connectivity index (χ3n) is 4.16. The third-order valence-corrected chi connectivity index (χ3v) is 4.35. The number of methoxy groups -OCH3 is 1. The summed E-state index contributed by atoms with van der Waals surface area (Å²) in [7, 11) is 1.59. The van der Waals surface area contributed by atoms with Crippen molar-refractivity contribution in [3.8, 4) is 17.0 Å². The van der Waals surface area contributed by atoms with Gasteiger partial charge in [0.2, 0.25) is 0 Å². The van der Waals surface area contributed by atoms with E-state index in [1.54, 1.807) is 19.2 Å². The number of halogens is 1. The highest BCUT2D eigenvalue weighted by molar-refractivity contribution is 7.80. The quantitative estimate of drug-likeness (QED) is 0.677. The standard InChI is InChI=1S/C19H18FN3O2S/c1-25-15-9-5-13(6-10-15)17-16(18(24)23(22-17)19(21)26)11-4-12-2-7-14(20)8-3-12/h2-3,5-10,22H,4,11H2,1H3,(H2,21,26). The minimum Gasteiger partial charge on any atom is -0.497 e. The molecule has 1 heterocycles. The average Bonchev–Trinajstić information content (AvgIpc) is 2.98. The van der Waals surface area contributed by atoms with Crippen molar-refractivity contribution in [2.24, 2.45) is 5.73 Å². The molecule has 0 aliphatic heterocycles. The van der Waals surface area contributed by atoms with E-state index in [-0.39, 0.29) is 16.5 Å². The highest BCUT2D eigenvalue weighted by atomic mass is 32.1. The lowest BCUT2D eigenvalue weighted by molar-refractivity contribution is 0.415. The van der Waals surface area contributed by atoms with Gasteiger partial charge in [0, 0.05) is 11.1 Å². The second-order valence-electron chi connectivity index (χ2n) is 5.80. The predicted molar refractivity (Wildman–Crippen MR) is 103 cm³/mol. The average molecular weight is 371 g/mol. The molecule has 3 rings (SSSR count). The van der Waals surface area contributed by atoms with Gasteiger partial charge in [0.25, 0.3) is 5.56 Å². The van der Waals surface area contributed by atoms with E-state index in [1.807, 2.05) is 24.3 Å². The Balaban J connectivity index is 1.97. The fourth-order valence-corrected chi connectivity index (χ4v) is 2.90. The molecule has 0 bridgehead atoms. The molecule has 0 saturated carbocycles. The second-order valence-corrected chi connectivity index (χ2v) is 6.22. The highest BCUT2D eigenvalue weighted by Crippen LogP contribution is 2.23. The molecular weight excluding hydrogens is 353 g/mol. The van der Waals surface area contributed by atoms with Gasteiger partial charge in [0.1, 0.15) is 11.6 Å². The van der Waals surface area contributed by atoms with Crippen LogP contribution >= 0.6 is 12.2 Å². The molecule has 7 heteroatoms. The van der Waals surface area contributed by atoms with Crippen molar-refractivity contribution < 1.29 is 9.13 Å². The molecule has 0 unspecified atom stereocenters. The van der Waals surface area contributed by atoms with E-state index in [4.69, 9.17) is 22.7 Å². The van der Waals surface area contributed by atoms with Crippen LogP contribution in [-0.4, -0.2) is 22.0 Å². The molecule has 0 radical (unpaired) electrons. The van der Waals surface area contributed by atoms with Crippen LogP contribution in [0.15, 0.2) is 53.3 Å². The van der Waals surface area contributed by atoms with Gasteiger partial charge >= 0.3 is 0 Å². The summed E-state index contributed by atoms with van der Waals surface area (Å²) >= 11 is 4.95. The molecule has 0 amide bonds. The van der Waals surface area contributed by atoms with Crippen LogP contribution in [0.5, 0.6) is 5.75 Å². The largest absolute Gasteiger partial charge is 0.497 e. The van der Waals surface area contributed by atoms with Gasteiger partial charge in [-0.25, -0.2) is 4.39 Å². The van der Waals surface area contributed by atoms with Gasteiger partial charge < -0.3 is 10.5 Å². The van der Waals surface area contributed by atoms with Gasteiger partial charge in [-0.05, 0) is 67.0 Å². The molecule has 0 spiro atoms. The Labute approximate surface area is 155 Å². The van der Waals surface area contributed by atoms with Crippen molar-refractivity contribution in [2.75, 3.05) is 7.11 Å². The molecule has 5 nitrogen and oxygen atoms in total. The minimum absolute atomic E-state index is 0.0437. The smallest absolute Gasteiger partial charge is 0.277 e. The highest BCUT2D eigenvalue weighted by Gasteiger charge is 2.17. The number of thiocarbonyl (C=S) groups is 1. The molecule has 1 aromatic heterocycles. The first-order chi connectivity index (χ1) is 12.5. The lowest BCUT2D eigenvalue weighted by Crippen LogP contribution is -2.31. The van der Waals surface area contributed by atoms with Crippen LogP contribution < -0.4 is 16.0 Å². The number of hydrogen-bond donors (Lipinski definition) is 2. The van der Waals surface area contributed by atoms with E-state index in [0.29, 0.717) is 24.1 Å². The van der Waals surface area contributed by atoms with Crippen LogP contribution in [0.4, 0.5) is 4.39 Å². The van der Waals surface area contributed by atoms with Crippen molar-refractivity contribution in [2.45, 2.75) is 12.8 Å². The number of ether oxygens (including phenoxy) is 1. The fourth-order valence-electron chi connectivity index (χ4n) is 2.78. The molecule has 2 aromatic carbocycles. The Morgan fingerprint density at radius 1 is 1.15 bits per heavy atom. The van der Waals surface area contributed by atoms with Gasteiger partial charge in [-0.15, -0.1) is 0 Å². The lowest BCUT2D eigenvalue weighted by atomic mass is 10.0. The van der Waals surface area contributed by atoms with Gasteiger partial charge in [0.05, 0.1) is 12.8 Å². The van der Waals surface area contributed by atoms with Crippen molar-refractivity contribution in [1.82, 2.24) is 9.78 Å². The van der Waals surface area contributed by atoms with Crippen molar-refractivity contribution >= 4 is 17.3 Å². The first-order valence-corrected chi connectivity index (χ1v) is 8.43. The van der Waals surface area contributed by atoms with Crippen molar-refractivity contribution in [3.63, 3.8) is 0 Å². The van der Waals surface area contributed by atoms with Crippen molar-refractivity contribution in [1.29, 1.82) is 0 Å². The Morgan fingerprint density at radius 3 is 2.38 bits per heavy atom. The SMILES string of the molecule is COc1ccc(-c2[nH]n(C(N)=S)c(=O)c2CCc2ccc(F)cc2)cc1. The molecule has 0 saturated heterocycles. The number of nitrogens with zero attached hydrogens (tertiary/aromatic N) is 1. The number of nitrogens with one attached hydrogen (secondary N) is 1. The number of rotatable bonds is 5. The molecule has 26 heavy (non-hydrogen) atoms. The molecular formula is C19H18FN3O2S. The number of nitrogens with two attached hydrogens (primary N) is 1. The minimum atomic E-state index is -0.287. The molecule has 0 aliphatic rings. The predicted octanol–water partition coefficient (Wildman–Crippen LogP) is 2.87. The zero-order valence-corrected chi connectivity index (χ0v) is 15.0. The summed E-state index contributed by atoms with van der Waals surface area (Å²) < 4.78 is 19.4. The summed E-state index contributed by atoms with van der Waals surface area (Å²) in [5.41, 5.74) is 8.37. The number of aromatic nitrogens is 2. The molecule has 134 valence electrons. The molecule has 0 aliphatic carbocycles. The van der Waals surface area contributed by atoms with E-state index < -0.39 is 0 Å². The monoisotopic (exact) mass is 371 g/mol. The summed E-state index contributed by atoms with van der Waals surface area (Å²) in [6.07, 6.45) is 1.06. The van der Waals surface area contributed by atoms with Crippen LogP contribution in [0.2, 0.25) is 0 Å². The lowest BCUT2D eigenvalue weighted by Gasteiger charge is -2.05. The van der Waals surface area contributed by atoms with E-state index in [0.717, 1.165) is 21.6 Å². The Morgan fingerprint density at radius 2 is 1.81 bits per heavy atom. The maximum absolute atomic E-state index is 13.1. The summed E-state index contributed by atoms with van der Waals surface area (Å²) in [6.45, 7) is 0. The summed E-state index contributed by atoms with van der Waals surface area (Å²) in [5, 5.41) is 2.94. The summed E-state index contributed by atoms with van der Waals surface area (Å²) in [6, 6.07) is 13.6. The zero-order valence-electron chi connectivity index (χ0n) is 14.2. The first kappa shape index (κ1) is 17.9. The van der Waals surface area contributed by atoms with E-state index in [9.17, 15) is 9.18 Å². The Hall–Kier alpha value is -2.93. The molecule has 3 N–H and O–H groups in total. The van der Waals surface area contributed by atoms with Crippen LogP contribution in [0, 0.1) is 5.82 Å². The second kappa shape index (κ2) is 7.53. The van der Waals surface area contributed by atoms with Gasteiger partial charge in [-0.1, -0.05) is 12.1 Å². The van der Waals surface area contributed by atoms with E-state index in [1.165, 1.54) is 12.1 Å². The Bertz CT molecular complexity index is 976. The zero-order chi connectivity index (χ0) is 18.7. The normalized spacial score (nSPS) is 10.7.